The molecule has 1 N–H and O–H groups in total. The van der Waals surface area contributed by atoms with Crippen molar-refractivity contribution in [1.29, 1.82) is 5.26 Å². The fourth-order valence-corrected chi connectivity index (χ4v) is 2.36. The van der Waals surface area contributed by atoms with Crippen LogP contribution < -0.4 is 4.74 Å². The summed E-state index contributed by atoms with van der Waals surface area (Å²) in [7, 11) is 1.66. The number of phenols is 1. The lowest BCUT2D eigenvalue weighted by Crippen LogP contribution is -2.35. The minimum atomic E-state index is -0.457. The standard InChI is InChI=1S/C14H17NO4/c1-17-14(2-5-18-6-3-14)11-8-12(16)10-13(9-11)19-7-4-15/h8-10,16H,2-3,5-7H2,1H3. The van der Waals surface area contributed by atoms with Crippen LogP contribution in [0.15, 0.2) is 18.2 Å². The molecule has 0 radical (unpaired) electrons. The van der Waals surface area contributed by atoms with Crippen molar-refractivity contribution >= 4 is 0 Å². The first kappa shape index (κ1) is 13.7. The molecule has 0 saturated carbocycles. The van der Waals surface area contributed by atoms with E-state index in [1.54, 1.807) is 13.2 Å². The molecule has 2 rings (SSSR count). The van der Waals surface area contributed by atoms with Crippen molar-refractivity contribution in [2.45, 2.75) is 18.4 Å². The van der Waals surface area contributed by atoms with Crippen molar-refractivity contribution in [2.24, 2.45) is 0 Å². The minimum Gasteiger partial charge on any atom is -0.508 e. The zero-order valence-electron chi connectivity index (χ0n) is 10.9. The molecule has 0 spiro atoms. The molecular formula is C14H17NO4. The van der Waals surface area contributed by atoms with Gasteiger partial charge in [-0.25, -0.2) is 0 Å². The number of hydrogen-bond acceptors (Lipinski definition) is 5. The number of nitriles is 1. The molecule has 0 atom stereocenters. The van der Waals surface area contributed by atoms with E-state index in [1.807, 2.05) is 12.1 Å². The summed E-state index contributed by atoms with van der Waals surface area (Å²) >= 11 is 0. The summed E-state index contributed by atoms with van der Waals surface area (Å²) in [5, 5.41) is 18.3. The average Bonchev–Trinajstić information content (AvgIpc) is 2.45. The van der Waals surface area contributed by atoms with Gasteiger partial charge in [0.1, 0.15) is 17.6 Å². The predicted molar refractivity (Wildman–Crippen MR) is 68.0 cm³/mol. The molecule has 0 amide bonds. The lowest BCUT2D eigenvalue weighted by molar-refractivity contribution is -0.0949. The molecule has 1 heterocycles. The van der Waals surface area contributed by atoms with E-state index in [1.165, 1.54) is 6.07 Å². The molecule has 1 aliphatic rings. The summed E-state index contributed by atoms with van der Waals surface area (Å²) < 4.78 is 16.3. The van der Waals surface area contributed by atoms with Gasteiger partial charge in [0.2, 0.25) is 0 Å². The first-order valence-corrected chi connectivity index (χ1v) is 6.17. The molecular weight excluding hydrogens is 246 g/mol. The quantitative estimate of drug-likeness (QED) is 0.898. The molecule has 102 valence electrons. The Bertz CT molecular complexity index is 475. The molecule has 1 aliphatic heterocycles. The Morgan fingerprint density at radius 3 is 2.74 bits per heavy atom. The number of nitrogens with zero attached hydrogens (tertiary/aromatic N) is 1. The third-order valence-electron chi connectivity index (χ3n) is 3.41. The van der Waals surface area contributed by atoms with Crippen LogP contribution in [0.3, 0.4) is 0 Å². The maximum atomic E-state index is 9.78. The van der Waals surface area contributed by atoms with Gasteiger partial charge in [-0.3, -0.25) is 0 Å². The molecule has 0 bridgehead atoms. The highest BCUT2D eigenvalue weighted by Crippen LogP contribution is 2.38. The second-order valence-corrected chi connectivity index (χ2v) is 4.47. The topological polar surface area (TPSA) is 71.7 Å². The monoisotopic (exact) mass is 263 g/mol. The number of methoxy groups -OCH3 is 1. The Labute approximate surface area is 112 Å². The van der Waals surface area contributed by atoms with Gasteiger partial charge in [0.15, 0.2) is 6.61 Å². The van der Waals surface area contributed by atoms with Gasteiger partial charge < -0.3 is 19.3 Å². The van der Waals surface area contributed by atoms with Crippen LogP contribution in [0.1, 0.15) is 18.4 Å². The zero-order valence-corrected chi connectivity index (χ0v) is 10.9. The number of benzene rings is 1. The van der Waals surface area contributed by atoms with Crippen molar-refractivity contribution < 1.29 is 19.3 Å². The van der Waals surface area contributed by atoms with Crippen molar-refractivity contribution in [3.8, 4) is 17.6 Å². The number of ether oxygens (including phenoxy) is 3. The summed E-state index contributed by atoms with van der Waals surface area (Å²) in [6.07, 6.45) is 1.45. The van der Waals surface area contributed by atoms with Gasteiger partial charge in [-0.15, -0.1) is 0 Å². The largest absolute Gasteiger partial charge is 0.508 e. The molecule has 1 aromatic rings. The van der Waals surface area contributed by atoms with Crippen LogP contribution in [-0.2, 0) is 15.1 Å². The van der Waals surface area contributed by atoms with Gasteiger partial charge in [-0.1, -0.05) is 0 Å². The number of phenolic OH excluding ortho intramolecular Hbond substituents is 1. The Kier molecular flexibility index (Phi) is 4.25. The Morgan fingerprint density at radius 1 is 1.37 bits per heavy atom. The van der Waals surface area contributed by atoms with E-state index < -0.39 is 5.60 Å². The van der Waals surface area contributed by atoms with Crippen molar-refractivity contribution in [3.05, 3.63) is 23.8 Å². The van der Waals surface area contributed by atoms with Gasteiger partial charge in [0.25, 0.3) is 0 Å². The maximum Gasteiger partial charge on any atom is 0.174 e. The number of hydrogen-bond donors (Lipinski definition) is 1. The molecule has 5 heteroatoms. The summed E-state index contributed by atoms with van der Waals surface area (Å²) in [5.74, 6) is 0.577. The van der Waals surface area contributed by atoms with Crippen LogP contribution in [0.2, 0.25) is 0 Å². The second kappa shape index (κ2) is 5.91. The third kappa shape index (κ3) is 2.98. The molecule has 0 aliphatic carbocycles. The summed E-state index contributed by atoms with van der Waals surface area (Å²) in [6.45, 7) is 1.20. The highest BCUT2D eigenvalue weighted by Gasteiger charge is 2.35. The smallest absolute Gasteiger partial charge is 0.174 e. The molecule has 0 aromatic heterocycles. The zero-order chi connectivity index (χ0) is 13.7. The van der Waals surface area contributed by atoms with E-state index >= 15 is 0 Å². The van der Waals surface area contributed by atoms with Gasteiger partial charge in [0, 0.05) is 39.2 Å². The maximum absolute atomic E-state index is 9.78. The Balaban J connectivity index is 2.31. The Morgan fingerprint density at radius 2 is 2.11 bits per heavy atom. The van der Waals surface area contributed by atoms with Crippen LogP contribution in [0.5, 0.6) is 11.5 Å². The number of rotatable bonds is 4. The van der Waals surface area contributed by atoms with Crippen LogP contribution in [0.4, 0.5) is 0 Å². The van der Waals surface area contributed by atoms with Crippen molar-refractivity contribution in [1.82, 2.24) is 0 Å². The first-order chi connectivity index (χ1) is 9.20. The van der Waals surface area contributed by atoms with Crippen LogP contribution in [0, 0.1) is 11.3 Å². The minimum absolute atomic E-state index is 0.0496. The fraction of sp³-hybridized carbons (Fsp3) is 0.500. The Hall–Kier alpha value is -1.77. The fourth-order valence-electron chi connectivity index (χ4n) is 2.36. The number of aromatic hydroxyl groups is 1. The lowest BCUT2D eigenvalue weighted by atomic mass is 9.86. The van der Waals surface area contributed by atoms with E-state index in [0.717, 1.165) is 18.4 Å². The van der Waals surface area contributed by atoms with Crippen LogP contribution in [-0.4, -0.2) is 32.0 Å². The van der Waals surface area contributed by atoms with Crippen molar-refractivity contribution in [3.63, 3.8) is 0 Å². The first-order valence-electron chi connectivity index (χ1n) is 6.17. The highest BCUT2D eigenvalue weighted by molar-refractivity contribution is 5.40. The van der Waals surface area contributed by atoms with Gasteiger partial charge in [-0.2, -0.15) is 5.26 Å². The van der Waals surface area contributed by atoms with Gasteiger partial charge in [-0.05, 0) is 17.7 Å². The second-order valence-electron chi connectivity index (χ2n) is 4.47. The van der Waals surface area contributed by atoms with Crippen LogP contribution in [0.25, 0.3) is 0 Å². The molecule has 19 heavy (non-hydrogen) atoms. The van der Waals surface area contributed by atoms with Gasteiger partial charge in [0.05, 0.1) is 5.60 Å². The SMILES string of the molecule is COC1(c2cc(O)cc(OCC#N)c2)CCOCC1. The highest BCUT2D eigenvalue weighted by atomic mass is 16.5. The molecule has 1 saturated heterocycles. The molecule has 0 unspecified atom stereocenters. The lowest BCUT2D eigenvalue weighted by Gasteiger charge is -2.36. The normalized spacial score (nSPS) is 17.7. The van der Waals surface area contributed by atoms with E-state index in [-0.39, 0.29) is 12.4 Å². The van der Waals surface area contributed by atoms with Crippen LogP contribution >= 0.6 is 0 Å². The molecule has 1 aromatic carbocycles. The van der Waals surface area contributed by atoms with E-state index in [4.69, 9.17) is 19.5 Å². The van der Waals surface area contributed by atoms with E-state index in [9.17, 15) is 5.11 Å². The summed E-state index contributed by atoms with van der Waals surface area (Å²) in [6, 6.07) is 6.88. The van der Waals surface area contributed by atoms with Crippen molar-refractivity contribution in [2.75, 3.05) is 26.9 Å². The third-order valence-corrected chi connectivity index (χ3v) is 3.41. The molecule has 5 nitrogen and oxygen atoms in total. The summed E-state index contributed by atoms with van der Waals surface area (Å²) in [4.78, 5) is 0. The summed E-state index contributed by atoms with van der Waals surface area (Å²) in [5.41, 5.74) is 0.396. The van der Waals surface area contributed by atoms with E-state index in [0.29, 0.717) is 19.0 Å². The predicted octanol–water partition coefficient (Wildman–Crippen LogP) is 1.95. The van der Waals surface area contributed by atoms with Gasteiger partial charge >= 0.3 is 0 Å². The average molecular weight is 263 g/mol. The molecule has 1 fully saturated rings. The van der Waals surface area contributed by atoms with E-state index in [2.05, 4.69) is 0 Å².